The molecule has 1 amide bonds. The first-order chi connectivity index (χ1) is 13.6. The minimum atomic E-state index is -0.140. The third-order valence-electron chi connectivity index (χ3n) is 4.59. The zero-order valence-electron chi connectivity index (χ0n) is 16.5. The monoisotopic (exact) mass is 371 g/mol. The molecule has 3 aromatic rings. The Labute approximate surface area is 166 Å². The lowest BCUT2D eigenvalue weighted by Crippen LogP contribution is -2.13. The maximum absolute atomic E-state index is 13.1. The molecule has 0 aliphatic rings. The predicted molar refractivity (Wildman–Crippen MR) is 116 cm³/mol. The van der Waals surface area contributed by atoms with Gasteiger partial charge in [-0.3, -0.25) is 4.79 Å². The highest BCUT2D eigenvalue weighted by molar-refractivity contribution is 6.29. The van der Waals surface area contributed by atoms with E-state index in [0.29, 0.717) is 11.5 Å². The van der Waals surface area contributed by atoms with Gasteiger partial charge in [0.05, 0.1) is 7.11 Å². The van der Waals surface area contributed by atoms with E-state index in [1.807, 2.05) is 72.8 Å². The fourth-order valence-corrected chi connectivity index (χ4v) is 2.91. The van der Waals surface area contributed by atoms with E-state index in [2.05, 4.69) is 31.3 Å². The highest BCUT2D eigenvalue weighted by Gasteiger charge is 2.13. The molecule has 0 aliphatic heterocycles. The molecule has 0 saturated carbocycles. The molecule has 3 heteroatoms. The quantitative estimate of drug-likeness (QED) is 0.426. The number of hydrogen-bond donors (Lipinski definition) is 1. The van der Waals surface area contributed by atoms with Crippen molar-refractivity contribution in [1.29, 1.82) is 0 Å². The van der Waals surface area contributed by atoms with Gasteiger partial charge in [0.2, 0.25) is 0 Å². The molecule has 3 nitrogen and oxygen atoms in total. The maximum atomic E-state index is 13.1. The van der Waals surface area contributed by atoms with Crippen molar-refractivity contribution in [3.8, 4) is 5.75 Å². The van der Waals surface area contributed by atoms with Gasteiger partial charge in [-0.2, -0.15) is 0 Å². The van der Waals surface area contributed by atoms with Gasteiger partial charge in [-0.25, -0.2) is 0 Å². The molecule has 0 atom stereocenters. The smallest absolute Gasteiger partial charge is 0.256 e. The zero-order valence-corrected chi connectivity index (χ0v) is 16.5. The van der Waals surface area contributed by atoms with Gasteiger partial charge in [-0.15, -0.1) is 0 Å². The second-order valence-corrected chi connectivity index (χ2v) is 6.93. The van der Waals surface area contributed by atoms with E-state index in [-0.39, 0.29) is 5.91 Å². The van der Waals surface area contributed by atoms with Crippen LogP contribution < -0.4 is 10.1 Å². The Morgan fingerprint density at radius 3 is 2.11 bits per heavy atom. The van der Waals surface area contributed by atoms with Crippen LogP contribution in [-0.2, 0) is 4.79 Å². The minimum Gasteiger partial charge on any atom is -0.497 e. The predicted octanol–water partition coefficient (Wildman–Crippen LogP) is 6.00. The lowest BCUT2D eigenvalue weighted by atomic mass is 10.0. The van der Waals surface area contributed by atoms with Crippen LogP contribution >= 0.6 is 0 Å². The molecule has 0 saturated heterocycles. The first kappa shape index (κ1) is 19.4. The summed E-state index contributed by atoms with van der Waals surface area (Å²) >= 11 is 0. The van der Waals surface area contributed by atoms with Crippen LogP contribution in [0.2, 0.25) is 0 Å². The molecule has 3 aromatic carbocycles. The van der Waals surface area contributed by atoms with Gasteiger partial charge in [0.15, 0.2) is 0 Å². The van der Waals surface area contributed by atoms with Gasteiger partial charge in [0.25, 0.3) is 5.91 Å². The summed E-state index contributed by atoms with van der Waals surface area (Å²) in [6, 6.07) is 25.3. The summed E-state index contributed by atoms with van der Waals surface area (Å²) in [5, 5.41) is 3.02. The summed E-state index contributed by atoms with van der Waals surface area (Å²) in [4.78, 5) is 13.1. The van der Waals surface area contributed by atoms with Crippen LogP contribution in [0.5, 0.6) is 5.75 Å². The molecule has 0 aliphatic carbocycles. The number of amides is 1. The molecule has 3 rings (SSSR count). The van der Waals surface area contributed by atoms with Crippen LogP contribution in [-0.4, -0.2) is 13.0 Å². The van der Waals surface area contributed by atoms with Gasteiger partial charge in [0.1, 0.15) is 5.75 Å². The van der Waals surface area contributed by atoms with E-state index in [1.54, 1.807) is 7.11 Å². The number of benzene rings is 3. The van der Waals surface area contributed by atoms with Crippen LogP contribution in [0.25, 0.3) is 11.6 Å². The third-order valence-corrected chi connectivity index (χ3v) is 4.59. The van der Waals surface area contributed by atoms with Crippen molar-refractivity contribution >= 4 is 23.2 Å². The van der Waals surface area contributed by atoms with E-state index in [9.17, 15) is 4.79 Å². The first-order valence-corrected chi connectivity index (χ1v) is 9.39. The van der Waals surface area contributed by atoms with E-state index in [1.165, 1.54) is 5.56 Å². The highest BCUT2D eigenvalue weighted by Crippen LogP contribution is 2.23. The van der Waals surface area contributed by atoms with Crippen molar-refractivity contribution < 1.29 is 9.53 Å². The van der Waals surface area contributed by atoms with Crippen molar-refractivity contribution in [2.75, 3.05) is 12.4 Å². The molecule has 28 heavy (non-hydrogen) atoms. The molecule has 0 bridgehead atoms. The fraction of sp³-hybridized carbons (Fsp3) is 0.160. The summed E-state index contributed by atoms with van der Waals surface area (Å²) in [7, 11) is 1.64. The minimum absolute atomic E-state index is 0.140. The average Bonchev–Trinajstić information content (AvgIpc) is 2.73. The van der Waals surface area contributed by atoms with Crippen molar-refractivity contribution in [1.82, 2.24) is 0 Å². The molecule has 0 spiro atoms. The van der Waals surface area contributed by atoms with E-state index in [0.717, 1.165) is 22.6 Å². The van der Waals surface area contributed by atoms with Crippen LogP contribution in [0.4, 0.5) is 5.69 Å². The van der Waals surface area contributed by atoms with Gasteiger partial charge in [-0.1, -0.05) is 68.4 Å². The van der Waals surface area contributed by atoms with Crippen LogP contribution in [0, 0.1) is 0 Å². The maximum Gasteiger partial charge on any atom is 0.256 e. The van der Waals surface area contributed by atoms with E-state index < -0.39 is 0 Å². The highest BCUT2D eigenvalue weighted by atomic mass is 16.5. The Bertz CT molecular complexity index is 940. The number of carbonyl (C=O) groups is 1. The van der Waals surface area contributed by atoms with Gasteiger partial charge in [0, 0.05) is 11.3 Å². The topological polar surface area (TPSA) is 38.3 Å². The third kappa shape index (κ3) is 4.89. The van der Waals surface area contributed by atoms with Crippen LogP contribution in [0.3, 0.4) is 0 Å². The Balaban J connectivity index is 1.89. The van der Waals surface area contributed by atoms with Crippen LogP contribution in [0.15, 0.2) is 78.9 Å². The van der Waals surface area contributed by atoms with Crippen LogP contribution in [0.1, 0.15) is 36.5 Å². The Kier molecular flexibility index (Phi) is 6.28. The molecule has 0 unspecified atom stereocenters. The number of anilines is 1. The molecule has 0 fully saturated rings. The number of rotatable bonds is 6. The number of carbonyl (C=O) groups excluding carboxylic acids is 1. The van der Waals surface area contributed by atoms with Crippen molar-refractivity contribution in [2.45, 2.75) is 19.8 Å². The Morgan fingerprint density at radius 1 is 0.893 bits per heavy atom. The van der Waals surface area contributed by atoms with Gasteiger partial charge >= 0.3 is 0 Å². The van der Waals surface area contributed by atoms with E-state index in [4.69, 9.17) is 4.74 Å². The van der Waals surface area contributed by atoms with Crippen molar-refractivity contribution in [3.63, 3.8) is 0 Å². The fourth-order valence-electron chi connectivity index (χ4n) is 2.91. The Hall–Kier alpha value is -3.33. The van der Waals surface area contributed by atoms with Crippen molar-refractivity contribution in [3.05, 3.63) is 95.6 Å². The Morgan fingerprint density at radius 2 is 1.54 bits per heavy atom. The molecule has 142 valence electrons. The largest absolute Gasteiger partial charge is 0.497 e. The SMILES string of the molecule is COc1ccc(/C=C(/C(=O)Nc2ccc(C(C)C)cc2)c2ccccc2)cc1. The zero-order chi connectivity index (χ0) is 19.9. The molecular formula is C25H25NO2. The standard InChI is InChI=1S/C25H25NO2/c1-18(2)20-11-13-22(14-12-20)26-25(27)24(21-7-5-4-6-8-21)17-19-9-15-23(28-3)16-10-19/h4-18H,1-3H3,(H,26,27)/b24-17+. The second-order valence-electron chi connectivity index (χ2n) is 6.93. The summed E-state index contributed by atoms with van der Waals surface area (Å²) < 4.78 is 5.21. The van der Waals surface area contributed by atoms with Gasteiger partial charge in [-0.05, 0) is 52.9 Å². The number of hydrogen-bond acceptors (Lipinski definition) is 2. The molecule has 0 aromatic heterocycles. The lowest BCUT2D eigenvalue weighted by Gasteiger charge is -2.11. The van der Waals surface area contributed by atoms with Gasteiger partial charge < -0.3 is 10.1 Å². The number of ether oxygens (including phenoxy) is 1. The molecule has 0 heterocycles. The molecular weight excluding hydrogens is 346 g/mol. The second kappa shape index (κ2) is 9.05. The normalized spacial score (nSPS) is 11.4. The first-order valence-electron chi connectivity index (χ1n) is 9.39. The lowest BCUT2D eigenvalue weighted by molar-refractivity contribution is -0.111. The molecule has 1 N–H and O–H groups in total. The summed E-state index contributed by atoms with van der Waals surface area (Å²) in [5.74, 6) is 1.10. The van der Waals surface area contributed by atoms with E-state index >= 15 is 0 Å². The molecule has 0 radical (unpaired) electrons. The summed E-state index contributed by atoms with van der Waals surface area (Å²) in [6.07, 6.45) is 1.90. The summed E-state index contributed by atoms with van der Waals surface area (Å²) in [6.45, 7) is 4.30. The number of nitrogens with one attached hydrogen (secondary N) is 1. The summed E-state index contributed by atoms with van der Waals surface area (Å²) in [5.41, 5.74) is 4.44. The van der Waals surface area contributed by atoms with Crippen molar-refractivity contribution in [2.24, 2.45) is 0 Å². The average molecular weight is 371 g/mol. The number of methoxy groups -OCH3 is 1.